The third-order valence-corrected chi connectivity index (χ3v) is 3.09. The fourth-order valence-corrected chi connectivity index (χ4v) is 1.90. The van der Waals surface area contributed by atoms with Crippen LogP contribution < -0.4 is 4.74 Å². The van der Waals surface area contributed by atoms with Crippen LogP contribution in [0.5, 0.6) is 5.75 Å². The lowest BCUT2D eigenvalue weighted by Gasteiger charge is -2.08. The van der Waals surface area contributed by atoms with E-state index >= 15 is 0 Å². The highest BCUT2D eigenvalue weighted by Crippen LogP contribution is 2.24. The Bertz CT molecular complexity index is 652. The first-order valence-corrected chi connectivity index (χ1v) is 6.12. The van der Waals surface area contributed by atoms with E-state index in [0.717, 1.165) is 0 Å². The van der Waals surface area contributed by atoms with Crippen molar-refractivity contribution in [2.24, 2.45) is 0 Å². The molecule has 0 spiro atoms. The maximum absolute atomic E-state index is 13.6. The molecule has 2 rings (SSSR count). The Morgan fingerprint density at radius 1 is 1.16 bits per heavy atom. The first-order chi connectivity index (χ1) is 9.11. The largest absolute Gasteiger partial charge is 0.489 e. The molecule has 19 heavy (non-hydrogen) atoms. The van der Waals surface area contributed by atoms with E-state index < -0.39 is 5.82 Å². The second kappa shape index (κ2) is 5.92. The van der Waals surface area contributed by atoms with Crippen molar-refractivity contribution in [1.82, 2.24) is 0 Å². The molecule has 0 heterocycles. The number of hydrogen-bond acceptors (Lipinski definition) is 2. The molecule has 0 saturated heterocycles. The quantitative estimate of drug-likeness (QED) is 0.830. The zero-order valence-electron chi connectivity index (χ0n) is 9.66. The van der Waals surface area contributed by atoms with E-state index in [4.69, 9.17) is 33.2 Å². The van der Waals surface area contributed by atoms with E-state index in [1.54, 1.807) is 24.3 Å². The molecule has 0 N–H and O–H groups in total. The minimum atomic E-state index is -0.496. The van der Waals surface area contributed by atoms with Crippen LogP contribution in [0.2, 0.25) is 10.0 Å². The van der Waals surface area contributed by atoms with Gasteiger partial charge >= 0.3 is 0 Å². The minimum absolute atomic E-state index is 0.0363. The van der Waals surface area contributed by atoms with Gasteiger partial charge < -0.3 is 4.74 Å². The van der Waals surface area contributed by atoms with Crippen molar-refractivity contribution < 1.29 is 9.13 Å². The standard InChI is InChI=1S/C14H8Cl2FNO/c15-12-3-1-2-10(14(12)17)8-19-11-5-4-9(7-18)13(16)6-11/h1-6H,8H2. The van der Waals surface area contributed by atoms with Crippen molar-refractivity contribution in [3.8, 4) is 11.8 Å². The number of halogens is 3. The van der Waals surface area contributed by atoms with E-state index in [-0.39, 0.29) is 11.6 Å². The van der Waals surface area contributed by atoms with E-state index in [2.05, 4.69) is 0 Å². The Labute approximate surface area is 119 Å². The van der Waals surface area contributed by atoms with Gasteiger partial charge in [-0.2, -0.15) is 5.26 Å². The van der Waals surface area contributed by atoms with E-state index in [1.807, 2.05) is 6.07 Å². The molecule has 0 atom stereocenters. The Hall–Kier alpha value is -1.76. The summed E-state index contributed by atoms with van der Waals surface area (Å²) in [5, 5.41) is 9.10. The van der Waals surface area contributed by atoms with E-state index in [1.165, 1.54) is 12.1 Å². The number of nitriles is 1. The highest BCUT2D eigenvalue weighted by Gasteiger charge is 2.07. The summed E-state index contributed by atoms with van der Waals surface area (Å²) in [5.74, 6) is -0.0349. The number of hydrogen-bond donors (Lipinski definition) is 0. The molecule has 0 amide bonds. The zero-order valence-corrected chi connectivity index (χ0v) is 11.2. The fourth-order valence-electron chi connectivity index (χ4n) is 1.50. The minimum Gasteiger partial charge on any atom is -0.489 e. The highest BCUT2D eigenvalue weighted by molar-refractivity contribution is 6.31. The van der Waals surface area contributed by atoms with Crippen LogP contribution in [0, 0.1) is 17.1 Å². The lowest BCUT2D eigenvalue weighted by Crippen LogP contribution is -1.99. The molecule has 0 fully saturated rings. The third-order valence-electron chi connectivity index (χ3n) is 2.49. The van der Waals surface area contributed by atoms with Gasteiger partial charge in [0.25, 0.3) is 0 Å². The number of nitrogens with zero attached hydrogens (tertiary/aromatic N) is 1. The molecule has 0 bridgehead atoms. The number of ether oxygens (including phenoxy) is 1. The van der Waals surface area contributed by atoms with Gasteiger partial charge in [0.15, 0.2) is 0 Å². The zero-order chi connectivity index (χ0) is 13.8. The van der Waals surface area contributed by atoms with Crippen molar-refractivity contribution in [3.05, 3.63) is 63.4 Å². The lowest BCUT2D eigenvalue weighted by atomic mass is 10.2. The van der Waals surface area contributed by atoms with Crippen LogP contribution in [-0.2, 0) is 6.61 Å². The normalized spacial score (nSPS) is 10.0. The lowest BCUT2D eigenvalue weighted by molar-refractivity contribution is 0.300. The van der Waals surface area contributed by atoms with E-state index in [9.17, 15) is 4.39 Å². The summed E-state index contributed by atoms with van der Waals surface area (Å²) in [6.45, 7) is 0.0363. The van der Waals surface area contributed by atoms with Crippen LogP contribution in [0.3, 0.4) is 0 Å². The molecule has 96 valence electrons. The Morgan fingerprint density at radius 3 is 2.63 bits per heavy atom. The molecule has 2 aromatic rings. The highest BCUT2D eigenvalue weighted by atomic mass is 35.5. The maximum atomic E-state index is 13.6. The fraction of sp³-hybridized carbons (Fsp3) is 0.0714. The van der Waals surface area contributed by atoms with Gasteiger partial charge in [-0.05, 0) is 18.2 Å². The van der Waals surface area contributed by atoms with Crippen LogP contribution in [0.4, 0.5) is 4.39 Å². The summed E-state index contributed by atoms with van der Waals surface area (Å²) in [6.07, 6.45) is 0. The van der Waals surface area contributed by atoms with Crippen LogP contribution in [0.15, 0.2) is 36.4 Å². The Balaban J connectivity index is 2.13. The molecule has 0 aliphatic carbocycles. The maximum Gasteiger partial charge on any atom is 0.148 e. The van der Waals surface area contributed by atoms with Gasteiger partial charge in [-0.1, -0.05) is 35.3 Å². The molecule has 0 aromatic heterocycles. The van der Waals surface area contributed by atoms with E-state index in [0.29, 0.717) is 21.9 Å². The molecule has 0 radical (unpaired) electrons. The summed E-state index contributed by atoms with van der Waals surface area (Å²) < 4.78 is 19.0. The van der Waals surface area contributed by atoms with Crippen LogP contribution in [0.25, 0.3) is 0 Å². The average molecular weight is 296 g/mol. The first kappa shape index (κ1) is 13.7. The molecule has 0 aliphatic rings. The van der Waals surface area contributed by atoms with Gasteiger partial charge in [0, 0.05) is 11.6 Å². The number of rotatable bonds is 3. The molecule has 2 aromatic carbocycles. The summed E-state index contributed by atoms with van der Waals surface area (Å²) in [4.78, 5) is 0. The van der Waals surface area contributed by atoms with Gasteiger partial charge in [0.05, 0.1) is 15.6 Å². The molecular formula is C14H8Cl2FNO. The SMILES string of the molecule is N#Cc1ccc(OCc2cccc(Cl)c2F)cc1Cl. The van der Waals surface area contributed by atoms with Crippen molar-refractivity contribution >= 4 is 23.2 Å². The smallest absolute Gasteiger partial charge is 0.148 e. The summed E-state index contributed by atoms with van der Waals surface area (Å²) in [6, 6.07) is 11.3. The van der Waals surface area contributed by atoms with Crippen LogP contribution >= 0.6 is 23.2 Å². The van der Waals surface area contributed by atoms with Crippen LogP contribution in [-0.4, -0.2) is 0 Å². The summed E-state index contributed by atoms with van der Waals surface area (Å²) in [7, 11) is 0. The Morgan fingerprint density at radius 2 is 1.95 bits per heavy atom. The predicted octanol–water partition coefficient (Wildman–Crippen LogP) is 4.58. The molecule has 0 saturated carbocycles. The van der Waals surface area contributed by atoms with Gasteiger partial charge in [-0.25, -0.2) is 4.39 Å². The van der Waals surface area contributed by atoms with Crippen LogP contribution in [0.1, 0.15) is 11.1 Å². The summed E-state index contributed by atoms with van der Waals surface area (Å²) >= 11 is 11.5. The summed E-state index contributed by atoms with van der Waals surface area (Å²) in [5.41, 5.74) is 0.718. The van der Waals surface area contributed by atoms with Gasteiger partial charge in [-0.15, -0.1) is 0 Å². The average Bonchev–Trinajstić information content (AvgIpc) is 2.40. The van der Waals surface area contributed by atoms with Gasteiger partial charge in [0.1, 0.15) is 24.2 Å². The third kappa shape index (κ3) is 3.17. The second-order valence-electron chi connectivity index (χ2n) is 3.76. The molecule has 2 nitrogen and oxygen atoms in total. The van der Waals surface area contributed by atoms with Gasteiger partial charge in [0.2, 0.25) is 0 Å². The van der Waals surface area contributed by atoms with Crippen molar-refractivity contribution in [2.45, 2.75) is 6.61 Å². The van der Waals surface area contributed by atoms with Crippen molar-refractivity contribution in [3.63, 3.8) is 0 Å². The monoisotopic (exact) mass is 295 g/mol. The second-order valence-corrected chi connectivity index (χ2v) is 4.57. The topological polar surface area (TPSA) is 33.0 Å². The molecular weight excluding hydrogens is 288 g/mol. The predicted molar refractivity (Wildman–Crippen MR) is 71.9 cm³/mol. The molecule has 0 aliphatic heterocycles. The first-order valence-electron chi connectivity index (χ1n) is 5.37. The van der Waals surface area contributed by atoms with Crippen molar-refractivity contribution in [2.75, 3.05) is 0 Å². The van der Waals surface area contributed by atoms with Gasteiger partial charge in [-0.3, -0.25) is 0 Å². The molecule has 0 unspecified atom stereocenters. The number of benzene rings is 2. The Kier molecular flexibility index (Phi) is 4.26. The van der Waals surface area contributed by atoms with Crippen molar-refractivity contribution in [1.29, 1.82) is 5.26 Å². The molecule has 5 heteroatoms.